The van der Waals surface area contributed by atoms with Gasteiger partial charge in [-0.05, 0) is 78.3 Å². The van der Waals surface area contributed by atoms with E-state index >= 15 is 0 Å². The van der Waals surface area contributed by atoms with Crippen LogP contribution in [0.5, 0.6) is 0 Å². The maximum atomic E-state index is 13.8. The number of hydrogen-bond donors (Lipinski definition) is 0. The quantitative estimate of drug-likeness (QED) is 0.359. The van der Waals surface area contributed by atoms with E-state index in [-0.39, 0.29) is 5.82 Å². The third-order valence-corrected chi connectivity index (χ3v) is 5.54. The third kappa shape index (κ3) is 4.31. The van der Waals surface area contributed by atoms with Crippen molar-refractivity contribution in [2.75, 3.05) is 0 Å². The molecule has 3 nitrogen and oxygen atoms in total. The van der Waals surface area contributed by atoms with Gasteiger partial charge in [-0.3, -0.25) is 9.55 Å². The molecule has 2 heterocycles. The highest BCUT2D eigenvalue weighted by Gasteiger charge is 2.13. The molecule has 6 heteroatoms. The van der Waals surface area contributed by atoms with Crippen molar-refractivity contribution in [3.63, 3.8) is 0 Å². The van der Waals surface area contributed by atoms with Crippen LogP contribution in [0, 0.1) is 17.5 Å². The van der Waals surface area contributed by atoms with Gasteiger partial charge in [-0.1, -0.05) is 23.7 Å². The Kier molecular flexibility index (Phi) is 5.60. The highest BCUT2D eigenvalue weighted by Crippen LogP contribution is 2.22. The lowest BCUT2D eigenvalue weighted by Gasteiger charge is -2.10. The lowest BCUT2D eigenvalue weighted by Crippen LogP contribution is -2.03. The summed E-state index contributed by atoms with van der Waals surface area (Å²) in [6.07, 6.45) is 6.18. The summed E-state index contributed by atoms with van der Waals surface area (Å²) >= 11 is 11.9. The minimum atomic E-state index is -0.239. The van der Waals surface area contributed by atoms with E-state index in [0.29, 0.717) is 22.8 Å². The molecule has 0 saturated carbocycles. The molecule has 0 amide bonds. The lowest BCUT2D eigenvalue weighted by atomic mass is 10.0. The SMILES string of the molecule is Cc1ccc(F)cc1Cc1cn(Cc2cccnc2)c(=S)n1-c1ccc(Cl)cc1. The zero-order chi connectivity index (χ0) is 20.4. The van der Waals surface area contributed by atoms with E-state index in [0.717, 1.165) is 28.1 Å². The molecule has 0 atom stereocenters. The summed E-state index contributed by atoms with van der Waals surface area (Å²) in [5, 5.41) is 0.664. The van der Waals surface area contributed by atoms with Gasteiger partial charge in [0.25, 0.3) is 0 Å². The van der Waals surface area contributed by atoms with E-state index < -0.39 is 0 Å². The molecule has 4 aromatic rings. The summed E-state index contributed by atoms with van der Waals surface area (Å²) in [5.41, 5.74) is 4.94. The van der Waals surface area contributed by atoms with Crippen molar-refractivity contribution in [3.05, 3.63) is 111 Å². The molecular weight excluding hydrogens is 405 g/mol. The first-order chi connectivity index (χ1) is 14.0. The first-order valence-electron chi connectivity index (χ1n) is 9.22. The molecule has 4 rings (SSSR count). The van der Waals surface area contributed by atoms with Gasteiger partial charge in [-0.2, -0.15) is 0 Å². The Morgan fingerprint density at radius 3 is 2.62 bits per heavy atom. The second-order valence-corrected chi connectivity index (χ2v) is 7.75. The van der Waals surface area contributed by atoms with Crippen molar-refractivity contribution in [3.8, 4) is 5.69 Å². The molecule has 0 aliphatic rings. The zero-order valence-corrected chi connectivity index (χ0v) is 17.4. The van der Waals surface area contributed by atoms with Gasteiger partial charge in [0.1, 0.15) is 5.82 Å². The maximum absolute atomic E-state index is 13.8. The second-order valence-electron chi connectivity index (χ2n) is 6.95. The van der Waals surface area contributed by atoms with Gasteiger partial charge in [0.05, 0.1) is 6.54 Å². The molecule has 0 bridgehead atoms. The summed E-state index contributed by atoms with van der Waals surface area (Å²) in [6.45, 7) is 2.60. The number of halogens is 2. The van der Waals surface area contributed by atoms with Crippen molar-refractivity contribution < 1.29 is 4.39 Å². The number of nitrogens with zero attached hydrogens (tertiary/aromatic N) is 3. The number of benzene rings is 2. The molecule has 0 spiro atoms. The fraction of sp³-hybridized carbons (Fsp3) is 0.130. The summed E-state index contributed by atoms with van der Waals surface area (Å²) < 4.78 is 18.5. The predicted octanol–water partition coefficient (Wildman–Crippen LogP) is 6.14. The smallest absolute Gasteiger partial charge is 0.185 e. The van der Waals surface area contributed by atoms with Gasteiger partial charge in [0, 0.05) is 41.4 Å². The molecule has 0 saturated heterocycles. The highest BCUT2D eigenvalue weighted by molar-refractivity contribution is 7.71. The summed E-state index contributed by atoms with van der Waals surface area (Å²) in [4.78, 5) is 4.19. The normalized spacial score (nSPS) is 11.0. The molecule has 0 aliphatic carbocycles. The molecule has 0 N–H and O–H groups in total. The van der Waals surface area contributed by atoms with Crippen molar-refractivity contribution in [2.45, 2.75) is 19.9 Å². The minimum Gasteiger partial charge on any atom is -0.319 e. The summed E-state index contributed by atoms with van der Waals surface area (Å²) in [5.74, 6) is -0.239. The molecular formula is C23H19ClFN3S. The molecule has 29 heavy (non-hydrogen) atoms. The number of aryl methyl sites for hydroxylation is 1. The Bertz CT molecular complexity index is 1200. The standard InChI is InChI=1S/C23H19ClFN3S/c1-16-4-7-20(25)11-18(16)12-22-15-27(14-17-3-2-10-26-13-17)23(29)28(22)21-8-5-19(24)6-9-21/h2-11,13,15H,12,14H2,1H3. The first kappa shape index (κ1) is 19.6. The van der Waals surface area contributed by atoms with Crippen LogP contribution >= 0.6 is 23.8 Å². The molecule has 0 aliphatic heterocycles. The van der Waals surface area contributed by atoms with Gasteiger partial charge >= 0.3 is 0 Å². The van der Waals surface area contributed by atoms with Gasteiger partial charge in [-0.15, -0.1) is 0 Å². The Hall–Kier alpha value is -2.76. The number of pyridine rings is 1. The first-order valence-corrected chi connectivity index (χ1v) is 10.0. The van der Waals surface area contributed by atoms with Crippen molar-refractivity contribution in [2.24, 2.45) is 0 Å². The van der Waals surface area contributed by atoms with Crippen molar-refractivity contribution in [1.82, 2.24) is 14.1 Å². The zero-order valence-electron chi connectivity index (χ0n) is 15.8. The minimum absolute atomic E-state index is 0.239. The Morgan fingerprint density at radius 1 is 1.10 bits per heavy atom. The fourth-order valence-corrected chi connectivity index (χ4v) is 3.83. The number of rotatable bonds is 5. The van der Waals surface area contributed by atoms with E-state index in [2.05, 4.69) is 4.98 Å². The van der Waals surface area contributed by atoms with Crippen molar-refractivity contribution in [1.29, 1.82) is 0 Å². The number of hydrogen-bond acceptors (Lipinski definition) is 2. The van der Waals surface area contributed by atoms with Gasteiger partial charge < -0.3 is 4.57 Å². The predicted molar refractivity (Wildman–Crippen MR) is 117 cm³/mol. The fourth-order valence-electron chi connectivity index (χ4n) is 3.36. The van der Waals surface area contributed by atoms with Gasteiger partial charge in [0.15, 0.2) is 4.77 Å². The molecule has 0 fully saturated rings. The second kappa shape index (κ2) is 8.31. The molecule has 146 valence electrons. The number of imidazole rings is 1. The van der Waals surface area contributed by atoms with Crippen LogP contribution in [0.1, 0.15) is 22.4 Å². The van der Waals surface area contributed by atoms with Crippen LogP contribution in [-0.2, 0) is 13.0 Å². The molecule has 2 aromatic heterocycles. The van der Waals surface area contributed by atoms with E-state index in [1.54, 1.807) is 18.3 Å². The van der Waals surface area contributed by atoms with Crippen LogP contribution in [0.25, 0.3) is 5.69 Å². The summed E-state index contributed by atoms with van der Waals surface area (Å²) in [7, 11) is 0. The van der Waals surface area contributed by atoms with Crippen LogP contribution in [0.15, 0.2) is 73.2 Å². The number of aromatic nitrogens is 3. The van der Waals surface area contributed by atoms with Crippen LogP contribution in [0.2, 0.25) is 5.02 Å². The highest BCUT2D eigenvalue weighted by atomic mass is 35.5. The van der Waals surface area contributed by atoms with Crippen LogP contribution < -0.4 is 0 Å². The average molecular weight is 424 g/mol. The molecule has 0 unspecified atom stereocenters. The Balaban J connectivity index is 1.81. The largest absolute Gasteiger partial charge is 0.319 e. The van der Waals surface area contributed by atoms with Gasteiger partial charge in [-0.25, -0.2) is 4.39 Å². The Morgan fingerprint density at radius 2 is 1.90 bits per heavy atom. The van der Waals surface area contributed by atoms with E-state index in [4.69, 9.17) is 23.8 Å². The van der Waals surface area contributed by atoms with E-state index in [9.17, 15) is 4.39 Å². The van der Waals surface area contributed by atoms with Crippen LogP contribution in [0.4, 0.5) is 4.39 Å². The lowest BCUT2D eigenvalue weighted by molar-refractivity contribution is 0.625. The van der Waals surface area contributed by atoms with Crippen LogP contribution in [-0.4, -0.2) is 14.1 Å². The molecule has 2 aromatic carbocycles. The maximum Gasteiger partial charge on any atom is 0.185 e. The topological polar surface area (TPSA) is 22.8 Å². The summed E-state index contributed by atoms with van der Waals surface area (Å²) in [6, 6.07) is 16.4. The average Bonchev–Trinajstić information content (AvgIpc) is 3.01. The van der Waals surface area contributed by atoms with Gasteiger partial charge in [0.2, 0.25) is 0 Å². The van der Waals surface area contributed by atoms with E-state index in [1.807, 2.05) is 64.8 Å². The Labute approximate surface area is 179 Å². The third-order valence-electron chi connectivity index (χ3n) is 4.87. The van der Waals surface area contributed by atoms with E-state index in [1.165, 1.54) is 6.07 Å². The van der Waals surface area contributed by atoms with Crippen LogP contribution in [0.3, 0.4) is 0 Å². The van der Waals surface area contributed by atoms with Crippen molar-refractivity contribution >= 4 is 23.8 Å². The molecule has 0 radical (unpaired) electrons. The monoisotopic (exact) mass is 423 g/mol.